The van der Waals surface area contributed by atoms with Crippen LogP contribution >= 0.6 is 11.3 Å². The van der Waals surface area contributed by atoms with Gasteiger partial charge in [0.15, 0.2) is 0 Å². The summed E-state index contributed by atoms with van der Waals surface area (Å²) in [5.74, 6) is -0.210. The van der Waals surface area contributed by atoms with Crippen molar-refractivity contribution in [3.63, 3.8) is 0 Å². The molecular formula is C14H16N4O2S. The predicted octanol–water partition coefficient (Wildman–Crippen LogP) is 1.000. The van der Waals surface area contributed by atoms with Gasteiger partial charge in [0, 0.05) is 43.4 Å². The van der Waals surface area contributed by atoms with Crippen LogP contribution in [0.15, 0.2) is 29.9 Å². The fourth-order valence-electron chi connectivity index (χ4n) is 1.68. The number of pyridine rings is 1. The summed E-state index contributed by atoms with van der Waals surface area (Å²) < 4.78 is 0. The molecule has 0 saturated carbocycles. The second-order valence-corrected chi connectivity index (χ2v) is 5.25. The lowest BCUT2D eigenvalue weighted by atomic mass is 10.3. The smallest absolute Gasteiger partial charge is 0.226 e. The molecule has 0 aliphatic rings. The Kier molecular flexibility index (Phi) is 5.39. The number of thiazole rings is 1. The maximum Gasteiger partial charge on any atom is 0.226 e. The first-order valence-electron chi connectivity index (χ1n) is 6.51. The normalized spacial score (nSPS) is 10.1. The van der Waals surface area contributed by atoms with Crippen molar-refractivity contribution in [2.24, 2.45) is 0 Å². The van der Waals surface area contributed by atoms with Gasteiger partial charge in [-0.25, -0.2) is 4.98 Å². The summed E-state index contributed by atoms with van der Waals surface area (Å²) >= 11 is 1.50. The highest BCUT2D eigenvalue weighted by Gasteiger charge is 2.08. The Labute approximate surface area is 126 Å². The van der Waals surface area contributed by atoms with Gasteiger partial charge in [0.05, 0.1) is 12.1 Å². The van der Waals surface area contributed by atoms with Crippen LogP contribution in [0, 0.1) is 0 Å². The van der Waals surface area contributed by atoms with Gasteiger partial charge in [-0.3, -0.25) is 14.6 Å². The molecule has 21 heavy (non-hydrogen) atoms. The molecule has 110 valence electrons. The van der Waals surface area contributed by atoms with E-state index in [4.69, 9.17) is 0 Å². The van der Waals surface area contributed by atoms with Crippen LogP contribution in [0.2, 0.25) is 0 Å². The molecule has 2 aromatic rings. The molecule has 0 aliphatic heterocycles. The number of hydrogen-bond acceptors (Lipinski definition) is 5. The SMILES string of the molecule is CC(=O)NCCNC(=O)Cc1csc(-c2ccncc2)n1. The van der Waals surface area contributed by atoms with Gasteiger partial charge in [-0.2, -0.15) is 0 Å². The molecule has 0 saturated heterocycles. The summed E-state index contributed by atoms with van der Waals surface area (Å²) in [6.07, 6.45) is 3.66. The number of rotatable bonds is 6. The van der Waals surface area contributed by atoms with Crippen molar-refractivity contribution in [2.45, 2.75) is 13.3 Å². The molecular weight excluding hydrogens is 288 g/mol. The molecule has 0 bridgehead atoms. The summed E-state index contributed by atoms with van der Waals surface area (Å²) in [5, 5.41) is 8.11. The average molecular weight is 304 g/mol. The Morgan fingerprint density at radius 2 is 1.90 bits per heavy atom. The van der Waals surface area contributed by atoms with E-state index in [1.54, 1.807) is 12.4 Å². The van der Waals surface area contributed by atoms with Gasteiger partial charge in [-0.05, 0) is 12.1 Å². The van der Waals surface area contributed by atoms with Gasteiger partial charge >= 0.3 is 0 Å². The van der Waals surface area contributed by atoms with Crippen molar-refractivity contribution >= 4 is 23.2 Å². The third-order valence-corrected chi connectivity index (χ3v) is 3.58. The molecule has 0 fully saturated rings. The highest BCUT2D eigenvalue weighted by atomic mass is 32.1. The molecule has 2 N–H and O–H groups in total. The number of carbonyl (C=O) groups excluding carboxylic acids is 2. The van der Waals surface area contributed by atoms with Crippen LogP contribution in [-0.2, 0) is 16.0 Å². The first-order valence-corrected chi connectivity index (χ1v) is 7.39. The summed E-state index contributed by atoms with van der Waals surface area (Å²) in [5.41, 5.74) is 1.73. The Morgan fingerprint density at radius 1 is 1.19 bits per heavy atom. The standard InChI is InChI=1S/C14H16N4O2S/c1-10(19)16-6-7-17-13(20)8-12-9-21-14(18-12)11-2-4-15-5-3-11/h2-5,9H,6-8H2,1H3,(H,16,19)(H,17,20). The van der Waals surface area contributed by atoms with E-state index >= 15 is 0 Å². The first-order chi connectivity index (χ1) is 10.1. The van der Waals surface area contributed by atoms with Gasteiger partial charge in [0.25, 0.3) is 0 Å². The molecule has 6 nitrogen and oxygen atoms in total. The van der Waals surface area contributed by atoms with Crippen LogP contribution < -0.4 is 10.6 Å². The van der Waals surface area contributed by atoms with E-state index in [0.29, 0.717) is 13.1 Å². The third-order valence-electron chi connectivity index (χ3n) is 2.64. The molecule has 0 spiro atoms. The molecule has 7 heteroatoms. The molecule has 2 heterocycles. The van der Waals surface area contributed by atoms with Gasteiger partial charge in [-0.1, -0.05) is 0 Å². The van der Waals surface area contributed by atoms with Crippen molar-refractivity contribution in [3.05, 3.63) is 35.6 Å². The van der Waals surface area contributed by atoms with Gasteiger partial charge in [0.2, 0.25) is 11.8 Å². The Bertz CT molecular complexity index is 612. The number of nitrogens with one attached hydrogen (secondary N) is 2. The van der Waals surface area contributed by atoms with Gasteiger partial charge < -0.3 is 10.6 Å². The van der Waals surface area contributed by atoms with Crippen molar-refractivity contribution < 1.29 is 9.59 Å². The quantitative estimate of drug-likeness (QED) is 0.780. The minimum absolute atomic E-state index is 0.105. The van der Waals surface area contributed by atoms with Crippen molar-refractivity contribution in [1.29, 1.82) is 0 Å². The highest BCUT2D eigenvalue weighted by molar-refractivity contribution is 7.13. The molecule has 2 aromatic heterocycles. The third kappa shape index (κ3) is 4.96. The molecule has 2 rings (SSSR count). The summed E-state index contributed by atoms with van der Waals surface area (Å²) in [7, 11) is 0. The number of amides is 2. The van der Waals surface area contributed by atoms with Crippen LogP contribution in [-0.4, -0.2) is 34.9 Å². The summed E-state index contributed by atoms with van der Waals surface area (Å²) in [4.78, 5) is 30.8. The van der Waals surface area contributed by atoms with Crippen molar-refractivity contribution in [1.82, 2.24) is 20.6 Å². The monoisotopic (exact) mass is 304 g/mol. The zero-order valence-corrected chi connectivity index (χ0v) is 12.4. The molecule has 0 aliphatic carbocycles. The second kappa shape index (κ2) is 7.49. The van der Waals surface area contributed by atoms with E-state index in [-0.39, 0.29) is 18.2 Å². The van der Waals surface area contributed by atoms with E-state index in [1.807, 2.05) is 17.5 Å². The fourth-order valence-corrected chi connectivity index (χ4v) is 2.51. The van der Waals surface area contributed by atoms with Crippen LogP contribution in [0.1, 0.15) is 12.6 Å². The van der Waals surface area contributed by atoms with Gasteiger partial charge in [-0.15, -0.1) is 11.3 Å². The van der Waals surface area contributed by atoms with E-state index in [1.165, 1.54) is 18.3 Å². The lowest BCUT2D eigenvalue weighted by Gasteiger charge is -2.04. The highest BCUT2D eigenvalue weighted by Crippen LogP contribution is 2.22. The number of hydrogen-bond donors (Lipinski definition) is 2. The lowest BCUT2D eigenvalue weighted by Crippen LogP contribution is -2.34. The molecule has 2 amide bonds. The number of carbonyl (C=O) groups is 2. The van der Waals surface area contributed by atoms with Crippen molar-refractivity contribution in [3.8, 4) is 10.6 Å². The van der Waals surface area contributed by atoms with E-state index in [2.05, 4.69) is 20.6 Å². The zero-order valence-electron chi connectivity index (χ0n) is 11.6. The first kappa shape index (κ1) is 15.1. The van der Waals surface area contributed by atoms with E-state index in [9.17, 15) is 9.59 Å². The van der Waals surface area contributed by atoms with Gasteiger partial charge in [0.1, 0.15) is 5.01 Å². The van der Waals surface area contributed by atoms with Crippen LogP contribution in [0.3, 0.4) is 0 Å². The molecule has 0 unspecified atom stereocenters. The molecule has 0 aromatic carbocycles. The Balaban J connectivity index is 1.82. The number of aromatic nitrogens is 2. The lowest BCUT2D eigenvalue weighted by molar-refractivity contribution is -0.121. The Morgan fingerprint density at radius 3 is 2.62 bits per heavy atom. The van der Waals surface area contributed by atoms with Crippen molar-refractivity contribution in [2.75, 3.05) is 13.1 Å². The maximum absolute atomic E-state index is 11.7. The maximum atomic E-state index is 11.7. The molecule has 0 atom stereocenters. The second-order valence-electron chi connectivity index (χ2n) is 4.39. The van der Waals surface area contributed by atoms with E-state index < -0.39 is 0 Å². The fraction of sp³-hybridized carbons (Fsp3) is 0.286. The van der Waals surface area contributed by atoms with Crippen LogP contribution in [0.25, 0.3) is 10.6 Å². The molecule has 0 radical (unpaired) electrons. The average Bonchev–Trinajstić information content (AvgIpc) is 2.93. The van der Waals surface area contributed by atoms with Crippen LogP contribution in [0.4, 0.5) is 0 Å². The topological polar surface area (TPSA) is 84.0 Å². The summed E-state index contributed by atoms with van der Waals surface area (Å²) in [6, 6.07) is 3.77. The van der Waals surface area contributed by atoms with Crippen LogP contribution in [0.5, 0.6) is 0 Å². The minimum atomic E-state index is -0.106. The predicted molar refractivity (Wildman–Crippen MR) is 80.7 cm³/mol. The minimum Gasteiger partial charge on any atom is -0.355 e. The van der Waals surface area contributed by atoms with E-state index in [0.717, 1.165) is 16.3 Å². The Hall–Kier alpha value is -2.28. The summed E-state index contributed by atoms with van der Waals surface area (Å²) in [6.45, 7) is 2.29. The number of nitrogens with zero attached hydrogens (tertiary/aromatic N) is 2. The zero-order chi connectivity index (χ0) is 15.1. The largest absolute Gasteiger partial charge is 0.355 e.